The number of hydrazone groups is 1. The summed E-state index contributed by atoms with van der Waals surface area (Å²) in [6, 6.07) is 11.9. The normalized spacial score (nSPS) is 11.3. The van der Waals surface area contributed by atoms with E-state index in [0.717, 1.165) is 5.56 Å². The fourth-order valence-electron chi connectivity index (χ4n) is 1.99. The highest BCUT2D eigenvalue weighted by Crippen LogP contribution is 2.12. The topological polar surface area (TPSA) is 77.0 Å². The minimum absolute atomic E-state index is 0.182. The van der Waals surface area contributed by atoms with Gasteiger partial charge in [0.15, 0.2) is 6.61 Å². The molecule has 0 unspecified atom stereocenters. The zero-order valence-corrected chi connectivity index (χ0v) is 15.4. The predicted molar refractivity (Wildman–Crippen MR) is 99.2 cm³/mol. The molecule has 142 valence electrons. The molecule has 0 saturated heterocycles. The number of hydrogen-bond acceptors (Lipinski definition) is 5. The van der Waals surface area contributed by atoms with Gasteiger partial charge in [0.1, 0.15) is 17.2 Å². The summed E-state index contributed by atoms with van der Waals surface area (Å²) >= 11 is 0. The highest BCUT2D eigenvalue weighted by atomic mass is 19.1. The lowest BCUT2D eigenvalue weighted by Crippen LogP contribution is -2.27. The van der Waals surface area contributed by atoms with Crippen molar-refractivity contribution in [2.24, 2.45) is 5.10 Å². The Labute approximate surface area is 157 Å². The van der Waals surface area contributed by atoms with Crippen LogP contribution in [0.3, 0.4) is 0 Å². The summed E-state index contributed by atoms with van der Waals surface area (Å²) in [7, 11) is 0. The Morgan fingerprint density at radius 3 is 2.30 bits per heavy atom. The minimum atomic E-state index is -0.556. The summed E-state index contributed by atoms with van der Waals surface area (Å²) in [6.07, 6.45) is 1.46. The molecule has 0 aliphatic carbocycles. The van der Waals surface area contributed by atoms with Gasteiger partial charge >= 0.3 is 5.97 Å². The van der Waals surface area contributed by atoms with Crippen molar-refractivity contribution in [1.82, 2.24) is 5.43 Å². The molecule has 0 spiro atoms. The van der Waals surface area contributed by atoms with E-state index in [0.29, 0.717) is 11.3 Å². The molecule has 0 atom stereocenters. The Kier molecular flexibility index (Phi) is 6.65. The Bertz CT molecular complexity index is 809. The van der Waals surface area contributed by atoms with Crippen LogP contribution in [0.4, 0.5) is 4.39 Å². The Balaban J connectivity index is 1.82. The zero-order chi connectivity index (χ0) is 19.9. The van der Waals surface area contributed by atoms with E-state index < -0.39 is 23.3 Å². The highest BCUT2D eigenvalue weighted by molar-refractivity contribution is 5.94. The molecule has 2 aromatic carbocycles. The SMILES string of the molecule is CC(C)(C)OC(=O)COc1ccc(/C=N\NC(=O)c2ccc(F)cc2)cc1. The van der Waals surface area contributed by atoms with Gasteiger partial charge in [-0.2, -0.15) is 5.10 Å². The number of carbonyl (C=O) groups is 2. The molecule has 0 radical (unpaired) electrons. The van der Waals surface area contributed by atoms with Crippen LogP contribution in [-0.4, -0.2) is 30.3 Å². The summed E-state index contributed by atoms with van der Waals surface area (Å²) in [5, 5.41) is 3.85. The first-order valence-corrected chi connectivity index (χ1v) is 8.27. The molecular formula is C20H21FN2O4. The molecular weight excluding hydrogens is 351 g/mol. The van der Waals surface area contributed by atoms with Crippen molar-refractivity contribution in [3.63, 3.8) is 0 Å². The first-order chi connectivity index (χ1) is 12.7. The third kappa shape index (κ3) is 7.27. The fraction of sp³-hybridized carbons (Fsp3) is 0.250. The lowest BCUT2D eigenvalue weighted by atomic mass is 10.2. The first-order valence-electron chi connectivity index (χ1n) is 8.27. The monoisotopic (exact) mass is 372 g/mol. The second kappa shape index (κ2) is 8.93. The molecule has 27 heavy (non-hydrogen) atoms. The summed E-state index contributed by atoms with van der Waals surface area (Å²) < 4.78 is 23.3. The van der Waals surface area contributed by atoms with E-state index in [2.05, 4.69) is 10.5 Å². The lowest BCUT2D eigenvalue weighted by Gasteiger charge is -2.19. The van der Waals surface area contributed by atoms with Crippen molar-refractivity contribution in [2.75, 3.05) is 6.61 Å². The van der Waals surface area contributed by atoms with Gasteiger partial charge in [0.25, 0.3) is 5.91 Å². The average Bonchev–Trinajstić information content (AvgIpc) is 2.60. The first kappa shape index (κ1) is 20.1. The molecule has 0 aliphatic rings. The Morgan fingerprint density at radius 1 is 1.07 bits per heavy atom. The van der Waals surface area contributed by atoms with Crippen LogP contribution in [0.15, 0.2) is 53.6 Å². The van der Waals surface area contributed by atoms with Gasteiger partial charge < -0.3 is 9.47 Å². The standard InChI is InChI=1S/C20H21FN2O4/c1-20(2,3)27-18(24)13-26-17-10-4-14(5-11-17)12-22-23-19(25)15-6-8-16(21)9-7-15/h4-12H,13H2,1-3H3,(H,23,25)/b22-12-. The van der Waals surface area contributed by atoms with Gasteiger partial charge in [-0.3, -0.25) is 4.79 Å². The minimum Gasteiger partial charge on any atom is -0.482 e. The quantitative estimate of drug-likeness (QED) is 0.479. The van der Waals surface area contributed by atoms with Gasteiger partial charge in [-0.25, -0.2) is 14.6 Å². The predicted octanol–water partition coefficient (Wildman–Crippen LogP) is 3.31. The van der Waals surface area contributed by atoms with E-state index in [-0.39, 0.29) is 6.61 Å². The van der Waals surface area contributed by atoms with Crippen molar-refractivity contribution >= 4 is 18.1 Å². The molecule has 0 aliphatic heterocycles. The molecule has 0 heterocycles. The third-order valence-corrected chi connectivity index (χ3v) is 3.14. The number of ether oxygens (including phenoxy) is 2. The smallest absolute Gasteiger partial charge is 0.344 e. The van der Waals surface area contributed by atoms with Crippen LogP contribution in [0, 0.1) is 5.82 Å². The summed E-state index contributed by atoms with van der Waals surface area (Å²) in [6.45, 7) is 5.17. The van der Waals surface area contributed by atoms with Gasteiger partial charge in [-0.1, -0.05) is 0 Å². The number of halogens is 1. The van der Waals surface area contributed by atoms with Crippen molar-refractivity contribution in [3.05, 3.63) is 65.5 Å². The molecule has 6 nitrogen and oxygen atoms in total. The van der Waals surface area contributed by atoms with Crippen LogP contribution < -0.4 is 10.2 Å². The summed E-state index contributed by atoms with van der Waals surface area (Å²) in [4.78, 5) is 23.4. The van der Waals surface area contributed by atoms with Gasteiger partial charge in [0.05, 0.1) is 6.21 Å². The molecule has 2 aromatic rings. The fourth-order valence-corrected chi connectivity index (χ4v) is 1.99. The van der Waals surface area contributed by atoms with Crippen molar-refractivity contribution < 1.29 is 23.5 Å². The summed E-state index contributed by atoms with van der Waals surface area (Å²) in [5.74, 6) is -0.794. The van der Waals surface area contributed by atoms with Crippen molar-refractivity contribution in [2.45, 2.75) is 26.4 Å². The van der Waals surface area contributed by atoms with E-state index >= 15 is 0 Å². The molecule has 0 fully saturated rings. The second-order valence-electron chi connectivity index (χ2n) is 6.65. The second-order valence-corrected chi connectivity index (χ2v) is 6.65. The molecule has 1 N–H and O–H groups in total. The van der Waals surface area contributed by atoms with Crippen LogP contribution in [-0.2, 0) is 9.53 Å². The lowest BCUT2D eigenvalue weighted by molar-refractivity contribution is -0.157. The molecule has 0 saturated carbocycles. The number of rotatable bonds is 6. The number of esters is 1. The largest absolute Gasteiger partial charge is 0.482 e. The van der Waals surface area contributed by atoms with Crippen molar-refractivity contribution in [3.8, 4) is 5.75 Å². The van der Waals surface area contributed by atoms with E-state index in [1.54, 1.807) is 45.0 Å². The highest BCUT2D eigenvalue weighted by Gasteiger charge is 2.16. The molecule has 1 amide bonds. The molecule has 0 aromatic heterocycles. The Hall–Kier alpha value is -3.22. The van der Waals surface area contributed by atoms with Crippen LogP contribution in [0.25, 0.3) is 0 Å². The third-order valence-electron chi connectivity index (χ3n) is 3.14. The van der Waals surface area contributed by atoms with Crippen molar-refractivity contribution in [1.29, 1.82) is 0 Å². The number of carbonyl (C=O) groups excluding carboxylic acids is 2. The molecule has 0 bridgehead atoms. The van der Waals surface area contributed by atoms with E-state index in [1.807, 2.05) is 0 Å². The number of amides is 1. The number of hydrogen-bond donors (Lipinski definition) is 1. The number of benzene rings is 2. The van der Waals surface area contributed by atoms with E-state index in [4.69, 9.17) is 9.47 Å². The van der Waals surface area contributed by atoms with Crippen LogP contribution in [0.1, 0.15) is 36.7 Å². The number of nitrogens with zero attached hydrogens (tertiary/aromatic N) is 1. The molecule has 2 rings (SSSR count). The maximum atomic E-state index is 12.8. The molecule has 7 heteroatoms. The number of nitrogens with one attached hydrogen (secondary N) is 1. The average molecular weight is 372 g/mol. The van der Waals surface area contributed by atoms with Gasteiger partial charge in [0.2, 0.25) is 0 Å². The van der Waals surface area contributed by atoms with Gasteiger partial charge in [0, 0.05) is 5.56 Å². The van der Waals surface area contributed by atoms with E-state index in [9.17, 15) is 14.0 Å². The maximum absolute atomic E-state index is 12.8. The summed E-state index contributed by atoms with van der Waals surface area (Å²) in [5.41, 5.74) is 2.83. The van der Waals surface area contributed by atoms with Crippen LogP contribution >= 0.6 is 0 Å². The van der Waals surface area contributed by atoms with Gasteiger partial charge in [-0.05, 0) is 74.9 Å². The van der Waals surface area contributed by atoms with E-state index in [1.165, 1.54) is 30.5 Å². The maximum Gasteiger partial charge on any atom is 0.344 e. The van der Waals surface area contributed by atoms with Gasteiger partial charge in [-0.15, -0.1) is 0 Å². The Morgan fingerprint density at radius 2 is 1.70 bits per heavy atom. The van der Waals surface area contributed by atoms with Crippen LogP contribution in [0.5, 0.6) is 5.75 Å². The van der Waals surface area contributed by atoms with Crippen LogP contribution in [0.2, 0.25) is 0 Å². The zero-order valence-electron chi connectivity index (χ0n) is 15.4.